The summed E-state index contributed by atoms with van der Waals surface area (Å²) < 4.78 is 0. The molecule has 0 heterocycles. The number of halogens is 2. The van der Waals surface area contributed by atoms with Crippen LogP contribution in [0.1, 0.15) is 0 Å². The van der Waals surface area contributed by atoms with Crippen LogP contribution in [0.5, 0.6) is 0 Å². The molecule has 0 aromatic heterocycles. The van der Waals surface area contributed by atoms with Crippen LogP contribution < -0.4 is 11.5 Å². The van der Waals surface area contributed by atoms with Crippen molar-refractivity contribution in [3.8, 4) is 0 Å². The van der Waals surface area contributed by atoms with Gasteiger partial charge in [0.25, 0.3) is 0 Å². The molecule has 4 nitrogen and oxygen atoms in total. The molecule has 0 bridgehead atoms. The second kappa shape index (κ2) is 9.42. The Morgan fingerprint density at radius 2 is 1.10 bits per heavy atom. The van der Waals surface area contributed by atoms with Gasteiger partial charge in [0.1, 0.15) is 0 Å². The van der Waals surface area contributed by atoms with Crippen LogP contribution in [0.2, 0.25) is 0 Å². The van der Waals surface area contributed by atoms with E-state index in [1.165, 1.54) is 0 Å². The van der Waals surface area contributed by atoms with Crippen molar-refractivity contribution in [2.45, 2.75) is 12.2 Å². The van der Waals surface area contributed by atoms with Crippen LogP contribution in [0.4, 0.5) is 0 Å². The fraction of sp³-hybridized carbons (Fsp3) is 1.00. The summed E-state index contributed by atoms with van der Waals surface area (Å²) >= 11 is 0. The highest BCUT2D eigenvalue weighted by Gasteiger charge is 2.10. The molecule has 0 spiro atoms. The third-order valence-corrected chi connectivity index (χ3v) is 0.927. The molecular formula is C4H14Cl2N2O2. The summed E-state index contributed by atoms with van der Waals surface area (Å²) in [5.74, 6) is 0. The summed E-state index contributed by atoms with van der Waals surface area (Å²) in [4.78, 5) is 0. The van der Waals surface area contributed by atoms with Crippen molar-refractivity contribution in [3.63, 3.8) is 0 Å². The van der Waals surface area contributed by atoms with Crippen LogP contribution in [-0.4, -0.2) is 35.5 Å². The number of hydrogen-bond donors (Lipinski definition) is 4. The Labute approximate surface area is 72.4 Å². The lowest BCUT2D eigenvalue weighted by atomic mass is 10.2. The van der Waals surface area contributed by atoms with Crippen LogP contribution in [0.15, 0.2) is 0 Å². The first-order chi connectivity index (χ1) is 3.72. The van der Waals surface area contributed by atoms with Gasteiger partial charge in [0.15, 0.2) is 0 Å². The molecule has 0 saturated heterocycles. The molecule has 6 heteroatoms. The van der Waals surface area contributed by atoms with Crippen LogP contribution in [0.3, 0.4) is 0 Å². The molecule has 66 valence electrons. The molecule has 0 rings (SSSR count). The lowest BCUT2D eigenvalue weighted by Gasteiger charge is -2.12. The average Bonchev–Trinajstić information content (AvgIpc) is 1.84. The molecule has 2 unspecified atom stereocenters. The monoisotopic (exact) mass is 192 g/mol. The Kier molecular flexibility index (Phi) is 15.8. The Morgan fingerprint density at radius 1 is 0.900 bits per heavy atom. The Morgan fingerprint density at radius 3 is 1.20 bits per heavy atom. The van der Waals surface area contributed by atoms with Crippen molar-refractivity contribution >= 4 is 24.8 Å². The first kappa shape index (κ1) is 16.8. The SMILES string of the molecule is Cl.Cl.NCC(O)C(O)CN. The highest BCUT2D eigenvalue weighted by molar-refractivity contribution is 5.85. The maximum absolute atomic E-state index is 8.67. The molecule has 0 radical (unpaired) electrons. The minimum atomic E-state index is -0.875. The van der Waals surface area contributed by atoms with E-state index in [9.17, 15) is 0 Å². The van der Waals surface area contributed by atoms with Gasteiger partial charge in [-0.05, 0) is 0 Å². The van der Waals surface area contributed by atoms with E-state index in [1.807, 2.05) is 0 Å². The minimum absolute atomic E-state index is 0. The summed E-state index contributed by atoms with van der Waals surface area (Å²) in [5, 5.41) is 17.3. The van der Waals surface area contributed by atoms with Gasteiger partial charge in [-0.1, -0.05) is 0 Å². The number of aliphatic hydroxyl groups is 2. The predicted octanol–water partition coefficient (Wildman–Crippen LogP) is -1.53. The summed E-state index contributed by atoms with van der Waals surface area (Å²) in [6, 6.07) is 0. The quantitative estimate of drug-likeness (QED) is 0.437. The van der Waals surface area contributed by atoms with Gasteiger partial charge in [-0.25, -0.2) is 0 Å². The van der Waals surface area contributed by atoms with Gasteiger partial charge in [-0.3, -0.25) is 0 Å². The first-order valence-electron chi connectivity index (χ1n) is 2.48. The van der Waals surface area contributed by atoms with Gasteiger partial charge in [0.05, 0.1) is 12.2 Å². The molecule has 0 saturated carbocycles. The lowest BCUT2D eigenvalue weighted by Crippen LogP contribution is -2.38. The molecule has 6 N–H and O–H groups in total. The molecular weight excluding hydrogens is 179 g/mol. The lowest BCUT2D eigenvalue weighted by molar-refractivity contribution is 0.0312. The van der Waals surface area contributed by atoms with E-state index in [0.717, 1.165) is 0 Å². The van der Waals surface area contributed by atoms with Gasteiger partial charge < -0.3 is 21.7 Å². The highest BCUT2D eigenvalue weighted by Crippen LogP contribution is 1.85. The van der Waals surface area contributed by atoms with Crippen molar-refractivity contribution < 1.29 is 10.2 Å². The fourth-order valence-electron chi connectivity index (χ4n) is 0.314. The number of hydrogen-bond acceptors (Lipinski definition) is 4. The van der Waals surface area contributed by atoms with E-state index in [2.05, 4.69) is 0 Å². The number of nitrogens with two attached hydrogens (primary N) is 2. The standard InChI is InChI=1S/C4H12N2O2.2ClH/c5-1-3(7)4(8)2-6;;/h3-4,7-8H,1-2,5-6H2;2*1H. The van der Waals surface area contributed by atoms with E-state index in [4.69, 9.17) is 21.7 Å². The summed E-state index contributed by atoms with van der Waals surface area (Å²) in [7, 11) is 0. The van der Waals surface area contributed by atoms with Crippen molar-refractivity contribution in [3.05, 3.63) is 0 Å². The normalized spacial score (nSPS) is 14.4. The molecule has 2 atom stereocenters. The largest absolute Gasteiger partial charge is 0.389 e. The second-order valence-corrected chi connectivity index (χ2v) is 1.61. The van der Waals surface area contributed by atoms with Gasteiger partial charge >= 0.3 is 0 Å². The average molecular weight is 193 g/mol. The van der Waals surface area contributed by atoms with Gasteiger partial charge in [0, 0.05) is 13.1 Å². The van der Waals surface area contributed by atoms with Crippen molar-refractivity contribution in [1.82, 2.24) is 0 Å². The van der Waals surface area contributed by atoms with Crippen LogP contribution in [0.25, 0.3) is 0 Å². The second-order valence-electron chi connectivity index (χ2n) is 1.61. The fourth-order valence-corrected chi connectivity index (χ4v) is 0.314. The smallest absolute Gasteiger partial charge is 0.0933 e. The maximum Gasteiger partial charge on any atom is 0.0933 e. The Hall–Kier alpha value is 0.420. The van der Waals surface area contributed by atoms with Crippen LogP contribution >= 0.6 is 24.8 Å². The van der Waals surface area contributed by atoms with Gasteiger partial charge in [-0.15, -0.1) is 24.8 Å². The molecule has 0 aliphatic heterocycles. The van der Waals surface area contributed by atoms with E-state index in [0.29, 0.717) is 0 Å². The van der Waals surface area contributed by atoms with E-state index in [1.54, 1.807) is 0 Å². The number of aliphatic hydroxyl groups excluding tert-OH is 2. The van der Waals surface area contributed by atoms with E-state index >= 15 is 0 Å². The third kappa shape index (κ3) is 6.54. The number of rotatable bonds is 3. The van der Waals surface area contributed by atoms with E-state index in [-0.39, 0.29) is 37.9 Å². The van der Waals surface area contributed by atoms with Gasteiger partial charge in [-0.2, -0.15) is 0 Å². The molecule has 10 heavy (non-hydrogen) atoms. The molecule has 0 fully saturated rings. The topological polar surface area (TPSA) is 92.5 Å². The van der Waals surface area contributed by atoms with Crippen molar-refractivity contribution in [1.29, 1.82) is 0 Å². The zero-order valence-corrected chi connectivity index (χ0v) is 7.07. The van der Waals surface area contributed by atoms with Gasteiger partial charge in [0.2, 0.25) is 0 Å². The third-order valence-electron chi connectivity index (χ3n) is 0.927. The maximum atomic E-state index is 8.67. The summed E-state index contributed by atoms with van der Waals surface area (Å²) in [6.07, 6.45) is -1.75. The highest BCUT2D eigenvalue weighted by atomic mass is 35.5. The summed E-state index contributed by atoms with van der Waals surface area (Å²) in [5.41, 5.74) is 9.97. The predicted molar refractivity (Wildman–Crippen MR) is 44.6 cm³/mol. The molecule has 0 aliphatic carbocycles. The van der Waals surface area contributed by atoms with Crippen molar-refractivity contribution in [2.75, 3.05) is 13.1 Å². The molecule has 0 amide bonds. The van der Waals surface area contributed by atoms with Crippen LogP contribution in [0, 0.1) is 0 Å². The summed E-state index contributed by atoms with van der Waals surface area (Å²) in [6.45, 7) is 0.108. The Balaban J connectivity index is -0.000000245. The Bertz CT molecular complexity index is 59.2. The van der Waals surface area contributed by atoms with Crippen LogP contribution in [-0.2, 0) is 0 Å². The first-order valence-corrected chi connectivity index (χ1v) is 2.48. The zero-order valence-electron chi connectivity index (χ0n) is 5.43. The minimum Gasteiger partial charge on any atom is -0.389 e. The van der Waals surface area contributed by atoms with Crippen molar-refractivity contribution in [2.24, 2.45) is 11.5 Å². The molecule has 0 aliphatic rings. The molecule has 0 aromatic carbocycles. The van der Waals surface area contributed by atoms with E-state index < -0.39 is 12.2 Å². The zero-order chi connectivity index (χ0) is 6.57. The molecule has 0 aromatic rings.